The molecule has 0 aliphatic carbocycles. The van der Waals surface area contributed by atoms with Crippen LogP contribution in [0.4, 0.5) is 0 Å². The number of nitrogens with zero attached hydrogens (tertiary/aromatic N) is 6. The van der Waals surface area contributed by atoms with Gasteiger partial charge in [-0.1, -0.05) is 60.7 Å². The van der Waals surface area contributed by atoms with Gasteiger partial charge in [0, 0.05) is 53.4 Å². The summed E-state index contributed by atoms with van der Waals surface area (Å²) in [5, 5.41) is 0. The first-order chi connectivity index (χ1) is 17.5. The average molecular weight is 487 g/mol. The molecule has 8 heteroatoms. The van der Waals surface area contributed by atoms with E-state index < -0.39 is 0 Å². The highest BCUT2D eigenvalue weighted by atomic mass is 16.2. The van der Waals surface area contributed by atoms with Crippen molar-refractivity contribution in [1.82, 2.24) is 28.5 Å². The monoisotopic (exact) mass is 486 g/mol. The zero-order valence-electron chi connectivity index (χ0n) is 21.1. The minimum absolute atomic E-state index is 0.278. The van der Waals surface area contributed by atoms with Crippen molar-refractivity contribution in [3.05, 3.63) is 98.5 Å². The lowest BCUT2D eigenvalue weighted by Gasteiger charge is -2.34. The van der Waals surface area contributed by atoms with Crippen LogP contribution in [0, 0.1) is 0 Å². The Morgan fingerprint density at radius 2 is 1.33 bits per heavy atom. The van der Waals surface area contributed by atoms with Crippen LogP contribution in [0.2, 0.25) is 0 Å². The van der Waals surface area contributed by atoms with Gasteiger partial charge in [0.15, 0.2) is 11.2 Å². The van der Waals surface area contributed by atoms with Gasteiger partial charge in [-0.2, -0.15) is 0 Å². The molecule has 1 saturated heterocycles. The molecule has 0 amide bonds. The third-order valence-electron chi connectivity index (χ3n) is 7.20. The number of benzene rings is 2. The third kappa shape index (κ3) is 5.05. The molecule has 4 aromatic rings. The standard InChI is InChI=1S/C28H34N6O2/c1-30-26-25(27(35)31(2)28(30)36)34(15-9-14-22-10-5-3-6-11-22)24(29-26)21-33-18-16-32(17-19-33)20-23-12-7-4-8-13-23/h3-8,10-13H,9,14-21H2,1-2H3. The molecule has 3 heterocycles. The molecule has 0 spiro atoms. The Morgan fingerprint density at radius 1 is 0.750 bits per heavy atom. The van der Waals surface area contributed by atoms with Crippen LogP contribution in [0.15, 0.2) is 70.3 Å². The minimum Gasteiger partial charge on any atom is -0.321 e. The van der Waals surface area contributed by atoms with Gasteiger partial charge in [0.2, 0.25) is 0 Å². The van der Waals surface area contributed by atoms with Gasteiger partial charge in [-0.3, -0.25) is 23.7 Å². The second kappa shape index (κ2) is 10.6. The van der Waals surface area contributed by atoms with Gasteiger partial charge in [0.25, 0.3) is 5.56 Å². The summed E-state index contributed by atoms with van der Waals surface area (Å²) in [7, 11) is 3.23. The Labute approximate surface area is 211 Å². The van der Waals surface area contributed by atoms with Crippen LogP contribution in [-0.2, 0) is 40.2 Å². The third-order valence-corrected chi connectivity index (χ3v) is 7.20. The first-order valence-electron chi connectivity index (χ1n) is 12.7. The summed E-state index contributed by atoms with van der Waals surface area (Å²) >= 11 is 0. The molecule has 8 nitrogen and oxygen atoms in total. The maximum atomic E-state index is 13.1. The van der Waals surface area contributed by atoms with Crippen LogP contribution in [-0.4, -0.2) is 54.7 Å². The van der Waals surface area contributed by atoms with Gasteiger partial charge in [-0.15, -0.1) is 0 Å². The zero-order chi connectivity index (χ0) is 25.1. The smallest absolute Gasteiger partial charge is 0.321 e. The second-order valence-electron chi connectivity index (χ2n) is 9.68. The minimum atomic E-state index is -0.345. The Morgan fingerprint density at radius 3 is 1.97 bits per heavy atom. The molecular weight excluding hydrogens is 452 g/mol. The van der Waals surface area contributed by atoms with E-state index in [1.54, 1.807) is 7.05 Å². The van der Waals surface area contributed by atoms with Crippen LogP contribution >= 0.6 is 0 Å². The molecule has 188 valence electrons. The number of piperazine rings is 1. The summed E-state index contributed by atoms with van der Waals surface area (Å²) in [6.45, 7) is 6.17. The van der Waals surface area contributed by atoms with Gasteiger partial charge in [0.1, 0.15) is 5.82 Å². The Hall–Kier alpha value is -3.49. The molecule has 36 heavy (non-hydrogen) atoms. The molecule has 1 aliphatic heterocycles. The Balaban J connectivity index is 1.35. The topological polar surface area (TPSA) is 68.3 Å². The van der Waals surface area contributed by atoms with Crippen molar-refractivity contribution in [1.29, 1.82) is 0 Å². The predicted octanol–water partition coefficient (Wildman–Crippen LogP) is 2.38. The highest BCUT2D eigenvalue weighted by molar-refractivity contribution is 5.71. The lowest BCUT2D eigenvalue weighted by Crippen LogP contribution is -2.45. The summed E-state index contributed by atoms with van der Waals surface area (Å²) in [4.78, 5) is 35.4. The van der Waals surface area contributed by atoms with Gasteiger partial charge >= 0.3 is 5.69 Å². The summed E-state index contributed by atoms with van der Waals surface area (Å²) in [6.07, 6.45) is 1.81. The molecule has 0 saturated carbocycles. The highest BCUT2D eigenvalue weighted by Gasteiger charge is 2.23. The maximum absolute atomic E-state index is 13.1. The molecule has 1 fully saturated rings. The van der Waals surface area contributed by atoms with E-state index in [2.05, 4.69) is 69.0 Å². The van der Waals surface area contributed by atoms with Crippen LogP contribution in [0.25, 0.3) is 11.2 Å². The van der Waals surface area contributed by atoms with E-state index in [4.69, 9.17) is 4.98 Å². The molecule has 0 radical (unpaired) electrons. The molecule has 2 aromatic carbocycles. The van der Waals surface area contributed by atoms with Crippen LogP contribution < -0.4 is 11.2 Å². The van der Waals surface area contributed by atoms with Crippen molar-refractivity contribution in [3.63, 3.8) is 0 Å². The normalized spacial score (nSPS) is 15.1. The first-order valence-corrected chi connectivity index (χ1v) is 12.7. The lowest BCUT2D eigenvalue weighted by atomic mass is 10.1. The molecule has 0 atom stereocenters. The Bertz CT molecular complexity index is 1430. The van der Waals surface area contributed by atoms with Gasteiger partial charge < -0.3 is 4.57 Å². The quantitative estimate of drug-likeness (QED) is 0.383. The molecule has 0 N–H and O–H groups in total. The van der Waals surface area contributed by atoms with E-state index in [9.17, 15) is 9.59 Å². The van der Waals surface area contributed by atoms with Crippen molar-refractivity contribution in [2.24, 2.45) is 14.1 Å². The molecule has 5 rings (SSSR count). The fraction of sp³-hybridized carbons (Fsp3) is 0.393. The van der Waals surface area contributed by atoms with Crippen molar-refractivity contribution in [3.8, 4) is 0 Å². The number of aryl methyl sites for hydroxylation is 3. The lowest BCUT2D eigenvalue weighted by molar-refractivity contribution is 0.119. The molecule has 2 aromatic heterocycles. The average Bonchev–Trinajstić information content (AvgIpc) is 3.26. The number of aromatic nitrogens is 4. The summed E-state index contributed by atoms with van der Waals surface area (Å²) in [5.41, 5.74) is 2.98. The summed E-state index contributed by atoms with van der Waals surface area (Å²) in [6, 6.07) is 21.0. The van der Waals surface area contributed by atoms with Gasteiger partial charge in [-0.05, 0) is 24.0 Å². The molecule has 1 aliphatic rings. The first kappa shape index (κ1) is 24.2. The molecular formula is C28H34N6O2. The maximum Gasteiger partial charge on any atom is 0.332 e. The zero-order valence-corrected chi connectivity index (χ0v) is 21.1. The van der Waals surface area contributed by atoms with E-state index in [1.165, 1.54) is 27.3 Å². The van der Waals surface area contributed by atoms with Crippen LogP contribution in [0.1, 0.15) is 23.4 Å². The summed E-state index contributed by atoms with van der Waals surface area (Å²) in [5.74, 6) is 0.855. The fourth-order valence-corrected chi connectivity index (χ4v) is 5.09. The van der Waals surface area contributed by atoms with Crippen LogP contribution in [0.5, 0.6) is 0 Å². The SMILES string of the molecule is Cn1c(=O)c2c(nc(CN3CCN(Cc4ccccc4)CC3)n2CCCc2ccccc2)n(C)c1=O. The van der Waals surface area contributed by atoms with Crippen molar-refractivity contribution in [2.45, 2.75) is 32.5 Å². The van der Waals surface area contributed by atoms with E-state index in [0.29, 0.717) is 24.3 Å². The summed E-state index contributed by atoms with van der Waals surface area (Å²) < 4.78 is 4.73. The highest BCUT2D eigenvalue weighted by Crippen LogP contribution is 2.17. The van der Waals surface area contributed by atoms with Crippen molar-refractivity contribution in [2.75, 3.05) is 26.2 Å². The van der Waals surface area contributed by atoms with E-state index in [0.717, 1.165) is 51.4 Å². The van der Waals surface area contributed by atoms with Gasteiger partial charge in [-0.25, -0.2) is 9.78 Å². The number of imidazole rings is 1. The predicted molar refractivity (Wildman–Crippen MR) is 142 cm³/mol. The number of hydrogen-bond donors (Lipinski definition) is 0. The van der Waals surface area contributed by atoms with E-state index in [-0.39, 0.29) is 11.2 Å². The van der Waals surface area contributed by atoms with Gasteiger partial charge in [0.05, 0.1) is 6.54 Å². The Kier molecular flexibility index (Phi) is 7.16. The van der Waals surface area contributed by atoms with Crippen LogP contribution in [0.3, 0.4) is 0 Å². The van der Waals surface area contributed by atoms with Crippen molar-refractivity contribution >= 4 is 11.2 Å². The molecule has 0 unspecified atom stereocenters. The largest absolute Gasteiger partial charge is 0.332 e. The van der Waals surface area contributed by atoms with E-state index >= 15 is 0 Å². The fourth-order valence-electron chi connectivity index (χ4n) is 5.09. The van der Waals surface area contributed by atoms with E-state index in [1.807, 2.05) is 6.07 Å². The van der Waals surface area contributed by atoms with Crippen molar-refractivity contribution < 1.29 is 0 Å². The number of hydrogen-bond acceptors (Lipinski definition) is 5. The molecule has 0 bridgehead atoms. The number of rotatable bonds is 8. The number of fused-ring (bicyclic) bond motifs is 1. The second-order valence-corrected chi connectivity index (χ2v) is 9.68.